The first-order chi connectivity index (χ1) is 12.4. The number of carbonyl (C=O) groups is 1. The molecule has 0 spiro atoms. The number of amides is 1. The first-order valence-electron chi connectivity index (χ1n) is 8.91. The molecule has 0 bridgehead atoms. The highest BCUT2D eigenvalue weighted by molar-refractivity contribution is 5.96. The molecule has 2 aromatic rings. The van der Waals surface area contributed by atoms with Crippen molar-refractivity contribution in [2.45, 2.75) is 38.7 Å². The molecule has 0 radical (unpaired) electrons. The summed E-state index contributed by atoms with van der Waals surface area (Å²) < 4.78 is 18.7. The summed E-state index contributed by atoms with van der Waals surface area (Å²) >= 11 is 0. The molecule has 1 aliphatic heterocycles. The molecule has 1 aromatic carbocycles. The number of benzene rings is 1. The van der Waals surface area contributed by atoms with Crippen LogP contribution in [0.2, 0.25) is 0 Å². The molecule has 138 valence electrons. The van der Waals surface area contributed by atoms with Gasteiger partial charge >= 0.3 is 0 Å². The molecule has 1 aliphatic rings. The minimum absolute atomic E-state index is 0.319. The molecular weight excluding hydrogens is 333 g/mol. The minimum Gasteiger partial charge on any atom is -0.478 e. The molecule has 0 atom stereocenters. The monoisotopic (exact) mass is 357 g/mol. The lowest BCUT2D eigenvalue weighted by molar-refractivity contribution is -0.128. The number of nitrogens with one attached hydrogen (secondary N) is 1. The molecule has 6 heteroatoms. The van der Waals surface area contributed by atoms with Gasteiger partial charge in [-0.1, -0.05) is 0 Å². The highest BCUT2D eigenvalue weighted by Crippen LogP contribution is 2.22. The van der Waals surface area contributed by atoms with Crippen LogP contribution in [-0.4, -0.2) is 29.6 Å². The molecule has 1 aromatic heterocycles. The zero-order valence-corrected chi connectivity index (χ0v) is 15.2. The van der Waals surface area contributed by atoms with Gasteiger partial charge in [-0.2, -0.15) is 0 Å². The molecule has 0 unspecified atom stereocenters. The average Bonchev–Trinajstić information content (AvgIpc) is 2.65. The molecule has 1 saturated heterocycles. The molecule has 26 heavy (non-hydrogen) atoms. The van der Waals surface area contributed by atoms with Crippen molar-refractivity contribution in [1.82, 2.24) is 4.98 Å². The van der Waals surface area contributed by atoms with Crippen molar-refractivity contribution in [3.05, 3.63) is 48.4 Å². The lowest BCUT2D eigenvalue weighted by atomic mass is 10.1. The second kappa shape index (κ2) is 7.72. The molecule has 1 fully saturated rings. The molecule has 3 rings (SSSR count). The van der Waals surface area contributed by atoms with E-state index in [1.807, 2.05) is 6.07 Å². The Bertz CT molecular complexity index is 739. The highest BCUT2D eigenvalue weighted by Gasteiger charge is 2.30. The molecule has 1 amide bonds. The summed E-state index contributed by atoms with van der Waals surface area (Å²) in [5.74, 6) is 0.240. The Balaban J connectivity index is 1.61. The Morgan fingerprint density at radius 3 is 2.42 bits per heavy atom. The van der Waals surface area contributed by atoms with Gasteiger partial charge in [0.25, 0.3) is 5.91 Å². The van der Waals surface area contributed by atoms with E-state index in [-0.39, 0.29) is 11.7 Å². The zero-order valence-electron chi connectivity index (χ0n) is 15.2. The van der Waals surface area contributed by atoms with Gasteiger partial charge in [0, 0.05) is 13.1 Å². The topological polar surface area (TPSA) is 54.5 Å². The first-order valence-corrected chi connectivity index (χ1v) is 8.91. The van der Waals surface area contributed by atoms with E-state index in [4.69, 9.17) is 4.74 Å². The third kappa shape index (κ3) is 4.50. The van der Waals surface area contributed by atoms with Gasteiger partial charge in [-0.25, -0.2) is 9.37 Å². The van der Waals surface area contributed by atoms with Crippen LogP contribution in [0, 0.1) is 5.82 Å². The normalized spacial score (nSPS) is 14.8. The van der Waals surface area contributed by atoms with Crippen molar-refractivity contribution < 1.29 is 13.9 Å². The number of aromatic nitrogens is 1. The van der Waals surface area contributed by atoms with Crippen LogP contribution >= 0.6 is 0 Å². The van der Waals surface area contributed by atoms with E-state index >= 15 is 0 Å². The predicted molar refractivity (Wildman–Crippen MR) is 100 cm³/mol. The van der Waals surface area contributed by atoms with Gasteiger partial charge in [-0.05, 0) is 69.5 Å². The van der Waals surface area contributed by atoms with E-state index in [9.17, 15) is 9.18 Å². The Labute approximate surface area is 153 Å². The quantitative estimate of drug-likeness (QED) is 0.879. The van der Waals surface area contributed by atoms with Crippen LogP contribution in [0.25, 0.3) is 0 Å². The average molecular weight is 357 g/mol. The molecule has 0 saturated carbocycles. The maximum absolute atomic E-state index is 13.0. The van der Waals surface area contributed by atoms with Crippen LogP contribution in [0.5, 0.6) is 5.75 Å². The van der Waals surface area contributed by atoms with E-state index in [1.54, 1.807) is 26.1 Å². The van der Waals surface area contributed by atoms with Crippen LogP contribution in [0.15, 0.2) is 42.6 Å². The van der Waals surface area contributed by atoms with Crippen molar-refractivity contribution in [3.8, 4) is 5.75 Å². The van der Waals surface area contributed by atoms with Gasteiger partial charge in [0.1, 0.15) is 17.4 Å². The number of hydrogen-bond donors (Lipinski definition) is 1. The summed E-state index contributed by atoms with van der Waals surface area (Å²) in [6, 6.07) is 9.36. The number of anilines is 2. The van der Waals surface area contributed by atoms with Crippen molar-refractivity contribution in [2.24, 2.45) is 0 Å². The fraction of sp³-hybridized carbons (Fsp3) is 0.400. The Morgan fingerprint density at radius 1 is 1.12 bits per heavy atom. The third-order valence-corrected chi connectivity index (χ3v) is 4.44. The standard InChI is InChI=1S/C20H24FN3O2/c1-20(2,26-17-9-6-15(21)7-10-17)19(25)23-18-11-8-16(14-22-18)24-12-4-3-5-13-24/h6-11,14H,3-5,12-13H2,1-2H3,(H,22,23,25). The van der Waals surface area contributed by atoms with Crippen molar-refractivity contribution in [2.75, 3.05) is 23.3 Å². The lowest BCUT2D eigenvalue weighted by Crippen LogP contribution is -2.42. The van der Waals surface area contributed by atoms with Crippen LogP contribution in [0.4, 0.5) is 15.9 Å². The Kier molecular flexibility index (Phi) is 5.40. The fourth-order valence-electron chi connectivity index (χ4n) is 2.91. The number of piperidine rings is 1. The molecule has 0 aliphatic carbocycles. The number of nitrogens with zero attached hydrogens (tertiary/aromatic N) is 2. The predicted octanol–water partition coefficient (Wildman–Crippen LogP) is 4.01. The van der Waals surface area contributed by atoms with E-state index in [0.717, 1.165) is 18.8 Å². The number of rotatable bonds is 5. The Hall–Kier alpha value is -2.63. The number of ether oxygens (including phenoxy) is 1. The summed E-state index contributed by atoms with van der Waals surface area (Å²) in [5, 5.41) is 2.78. The van der Waals surface area contributed by atoms with E-state index in [1.165, 1.54) is 43.5 Å². The zero-order chi connectivity index (χ0) is 18.6. The second-order valence-electron chi connectivity index (χ2n) is 6.97. The van der Waals surface area contributed by atoms with Gasteiger partial charge in [0.15, 0.2) is 5.60 Å². The Morgan fingerprint density at radius 2 is 1.81 bits per heavy atom. The van der Waals surface area contributed by atoms with Crippen molar-refractivity contribution >= 4 is 17.4 Å². The smallest absolute Gasteiger partial charge is 0.269 e. The molecule has 1 N–H and O–H groups in total. The third-order valence-electron chi connectivity index (χ3n) is 4.44. The molecular formula is C20H24FN3O2. The summed E-state index contributed by atoms with van der Waals surface area (Å²) in [7, 11) is 0. The highest BCUT2D eigenvalue weighted by atomic mass is 19.1. The number of halogens is 1. The summed E-state index contributed by atoms with van der Waals surface area (Å²) in [6.45, 7) is 5.42. The van der Waals surface area contributed by atoms with Crippen molar-refractivity contribution in [3.63, 3.8) is 0 Å². The van der Waals surface area contributed by atoms with Gasteiger partial charge in [-0.15, -0.1) is 0 Å². The number of pyridine rings is 1. The van der Waals surface area contributed by atoms with Crippen LogP contribution in [0.3, 0.4) is 0 Å². The van der Waals surface area contributed by atoms with Gasteiger partial charge < -0.3 is 15.0 Å². The van der Waals surface area contributed by atoms with Gasteiger partial charge in [-0.3, -0.25) is 4.79 Å². The summed E-state index contributed by atoms with van der Waals surface area (Å²) in [5.41, 5.74) is -0.0464. The number of hydrogen-bond acceptors (Lipinski definition) is 4. The van der Waals surface area contributed by atoms with Crippen LogP contribution in [0.1, 0.15) is 33.1 Å². The maximum atomic E-state index is 13.0. The SMILES string of the molecule is CC(C)(Oc1ccc(F)cc1)C(=O)Nc1ccc(N2CCCCC2)cn1. The second-order valence-corrected chi connectivity index (χ2v) is 6.97. The maximum Gasteiger partial charge on any atom is 0.269 e. The van der Waals surface area contributed by atoms with E-state index in [2.05, 4.69) is 15.2 Å². The van der Waals surface area contributed by atoms with Gasteiger partial charge in [0.05, 0.1) is 11.9 Å². The van der Waals surface area contributed by atoms with Crippen LogP contribution < -0.4 is 15.0 Å². The number of carbonyl (C=O) groups excluding carboxylic acids is 1. The fourth-order valence-corrected chi connectivity index (χ4v) is 2.91. The summed E-state index contributed by atoms with van der Waals surface area (Å²) in [6.07, 6.45) is 5.47. The largest absolute Gasteiger partial charge is 0.478 e. The summed E-state index contributed by atoms with van der Waals surface area (Å²) in [4.78, 5) is 19.2. The van der Waals surface area contributed by atoms with Crippen LogP contribution in [-0.2, 0) is 4.79 Å². The van der Waals surface area contributed by atoms with E-state index < -0.39 is 5.60 Å². The molecule has 2 heterocycles. The van der Waals surface area contributed by atoms with E-state index in [0.29, 0.717) is 11.6 Å². The van der Waals surface area contributed by atoms with Gasteiger partial charge in [0.2, 0.25) is 0 Å². The first kappa shape index (κ1) is 18.2. The van der Waals surface area contributed by atoms with Crippen molar-refractivity contribution in [1.29, 1.82) is 0 Å². The lowest BCUT2D eigenvalue weighted by Gasteiger charge is -2.28. The molecule has 5 nitrogen and oxygen atoms in total. The minimum atomic E-state index is -1.12.